The third-order valence-electron chi connectivity index (χ3n) is 4.15. The quantitative estimate of drug-likeness (QED) is 0.612. The number of likely N-dealkylation sites (N-methyl/N-ethyl adjacent to an activating group) is 1. The zero-order valence-electron chi connectivity index (χ0n) is 16.0. The summed E-state index contributed by atoms with van der Waals surface area (Å²) in [7, 11) is 1.91. The first kappa shape index (κ1) is 19.3. The maximum absolute atomic E-state index is 12.2. The van der Waals surface area contributed by atoms with E-state index in [0.717, 1.165) is 18.1 Å². The van der Waals surface area contributed by atoms with E-state index in [9.17, 15) is 4.79 Å². The number of aliphatic imine (C=N–C) groups is 1. The Morgan fingerprint density at radius 3 is 2.68 bits per heavy atom. The molecule has 1 aliphatic carbocycles. The molecule has 0 unspecified atom stereocenters. The van der Waals surface area contributed by atoms with Crippen molar-refractivity contribution in [3.8, 4) is 0 Å². The molecular weight excluding hydrogens is 316 g/mol. The lowest BCUT2D eigenvalue weighted by molar-refractivity contribution is -0.122. The Morgan fingerprint density at radius 2 is 2.08 bits per heavy atom. The van der Waals surface area contributed by atoms with E-state index in [1.54, 1.807) is 6.26 Å². The van der Waals surface area contributed by atoms with Crippen LogP contribution in [0.2, 0.25) is 0 Å². The summed E-state index contributed by atoms with van der Waals surface area (Å²) in [5.74, 6) is 1.72. The first-order valence-electron chi connectivity index (χ1n) is 9.19. The summed E-state index contributed by atoms with van der Waals surface area (Å²) in [5.41, 5.74) is -0.229. The van der Waals surface area contributed by atoms with Gasteiger partial charge in [-0.25, -0.2) is 0 Å². The third-order valence-corrected chi connectivity index (χ3v) is 4.15. The molecule has 0 aliphatic heterocycles. The number of guanidine groups is 1. The largest absolute Gasteiger partial charge is 0.469 e. The molecule has 0 saturated heterocycles. The van der Waals surface area contributed by atoms with Crippen molar-refractivity contribution >= 4 is 11.9 Å². The number of rotatable bonds is 6. The molecule has 0 spiro atoms. The number of nitrogens with one attached hydrogen (secondary N) is 2. The molecular formula is C19H32N4O2. The topological polar surface area (TPSA) is 69.9 Å². The molecule has 1 heterocycles. The molecule has 1 aromatic rings. The predicted molar refractivity (Wildman–Crippen MR) is 101 cm³/mol. The Hall–Kier alpha value is -1.98. The molecule has 6 heteroatoms. The monoisotopic (exact) mass is 348 g/mol. The highest BCUT2D eigenvalue weighted by Gasteiger charge is 2.20. The average molecular weight is 348 g/mol. The van der Waals surface area contributed by atoms with E-state index < -0.39 is 0 Å². The van der Waals surface area contributed by atoms with Crippen LogP contribution in [-0.4, -0.2) is 48.5 Å². The Kier molecular flexibility index (Phi) is 6.91. The summed E-state index contributed by atoms with van der Waals surface area (Å²) < 4.78 is 5.36. The molecule has 0 atom stereocenters. The van der Waals surface area contributed by atoms with Crippen molar-refractivity contribution in [2.75, 3.05) is 20.1 Å². The van der Waals surface area contributed by atoms with Crippen molar-refractivity contribution in [2.24, 2.45) is 4.99 Å². The molecule has 140 valence electrons. The van der Waals surface area contributed by atoms with Gasteiger partial charge in [-0.3, -0.25) is 9.79 Å². The number of hydrogen-bond acceptors (Lipinski definition) is 3. The van der Waals surface area contributed by atoms with Crippen LogP contribution in [0.3, 0.4) is 0 Å². The van der Waals surface area contributed by atoms with Crippen LogP contribution >= 0.6 is 0 Å². The van der Waals surface area contributed by atoms with E-state index in [0.29, 0.717) is 12.6 Å². The van der Waals surface area contributed by atoms with Crippen LogP contribution in [0.1, 0.15) is 52.2 Å². The Labute approximate surface area is 151 Å². The number of nitrogens with zero attached hydrogens (tertiary/aromatic N) is 2. The average Bonchev–Trinajstić information content (AvgIpc) is 3.17. The molecule has 1 saturated carbocycles. The van der Waals surface area contributed by atoms with Crippen LogP contribution in [0.5, 0.6) is 0 Å². The SMILES string of the molecule is CN(CC(=O)NC(C)(C)C)C(=NCCc1ccco1)NC1CCCC1. The molecule has 2 rings (SSSR count). The van der Waals surface area contributed by atoms with Gasteiger partial charge in [0, 0.05) is 31.6 Å². The summed E-state index contributed by atoms with van der Waals surface area (Å²) in [6.07, 6.45) is 7.28. The highest BCUT2D eigenvalue weighted by atomic mass is 16.3. The van der Waals surface area contributed by atoms with Gasteiger partial charge in [0.15, 0.2) is 5.96 Å². The zero-order valence-corrected chi connectivity index (χ0v) is 16.0. The number of carbonyl (C=O) groups excluding carboxylic acids is 1. The van der Waals surface area contributed by atoms with Gasteiger partial charge in [-0.05, 0) is 45.7 Å². The van der Waals surface area contributed by atoms with Crippen molar-refractivity contribution in [3.63, 3.8) is 0 Å². The fourth-order valence-electron chi connectivity index (χ4n) is 3.00. The van der Waals surface area contributed by atoms with Crippen molar-refractivity contribution in [1.82, 2.24) is 15.5 Å². The van der Waals surface area contributed by atoms with Crippen LogP contribution in [-0.2, 0) is 11.2 Å². The van der Waals surface area contributed by atoms with E-state index >= 15 is 0 Å². The second kappa shape index (κ2) is 8.92. The molecule has 0 radical (unpaired) electrons. The Balaban J connectivity index is 1.94. The summed E-state index contributed by atoms with van der Waals surface area (Å²) in [5, 5.41) is 6.53. The first-order chi connectivity index (χ1) is 11.8. The van der Waals surface area contributed by atoms with Crippen molar-refractivity contribution in [2.45, 2.75) is 64.5 Å². The van der Waals surface area contributed by atoms with Crippen LogP contribution in [0, 0.1) is 0 Å². The number of furan rings is 1. The standard InChI is InChI=1S/C19H32N4O2/c1-19(2,3)22-17(24)14-23(4)18(21-15-8-5-6-9-15)20-12-11-16-10-7-13-25-16/h7,10,13,15H,5-6,8-9,11-12,14H2,1-4H3,(H,20,21)(H,22,24). The van der Waals surface area contributed by atoms with E-state index in [1.807, 2.05) is 44.9 Å². The molecule has 2 N–H and O–H groups in total. The van der Waals surface area contributed by atoms with Gasteiger partial charge >= 0.3 is 0 Å². The first-order valence-corrected chi connectivity index (χ1v) is 9.19. The van der Waals surface area contributed by atoms with Crippen molar-refractivity contribution < 1.29 is 9.21 Å². The maximum atomic E-state index is 12.2. The van der Waals surface area contributed by atoms with Crippen molar-refractivity contribution in [3.05, 3.63) is 24.2 Å². The maximum Gasteiger partial charge on any atom is 0.240 e. The smallest absolute Gasteiger partial charge is 0.240 e. The summed E-state index contributed by atoms with van der Waals surface area (Å²) in [6, 6.07) is 4.30. The van der Waals surface area contributed by atoms with Crippen LogP contribution in [0.15, 0.2) is 27.8 Å². The number of hydrogen-bond donors (Lipinski definition) is 2. The fraction of sp³-hybridized carbons (Fsp3) is 0.684. The minimum atomic E-state index is -0.229. The third kappa shape index (κ3) is 7.20. The normalized spacial score (nSPS) is 16.1. The van der Waals surface area contributed by atoms with Gasteiger partial charge in [-0.2, -0.15) is 0 Å². The van der Waals surface area contributed by atoms with Gasteiger partial charge in [0.1, 0.15) is 5.76 Å². The van der Waals surface area contributed by atoms with E-state index in [-0.39, 0.29) is 18.0 Å². The lowest BCUT2D eigenvalue weighted by Gasteiger charge is -2.27. The lowest BCUT2D eigenvalue weighted by Crippen LogP contribution is -2.50. The number of carbonyl (C=O) groups is 1. The molecule has 6 nitrogen and oxygen atoms in total. The Morgan fingerprint density at radius 1 is 1.36 bits per heavy atom. The van der Waals surface area contributed by atoms with Crippen LogP contribution in [0.4, 0.5) is 0 Å². The van der Waals surface area contributed by atoms with Gasteiger partial charge in [0.25, 0.3) is 0 Å². The van der Waals surface area contributed by atoms with E-state index in [4.69, 9.17) is 9.41 Å². The Bertz CT molecular complexity index is 554. The lowest BCUT2D eigenvalue weighted by atomic mass is 10.1. The van der Waals surface area contributed by atoms with Gasteiger partial charge in [-0.1, -0.05) is 12.8 Å². The number of amides is 1. The second-order valence-corrected chi connectivity index (χ2v) is 7.81. The van der Waals surface area contributed by atoms with Gasteiger partial charge in [0.2, 0.25) is 5.91 Å². The van der Waals surface area contributed by atoms with Gasteiger partial charge in [0.05, 0.1) is 12.8 Å². The van der Waals surface area contributed by atoms with Crippen molar-refractivity contribution in [1.29, 1.82) is 0 Å². The van der Waals surface area contributed by atoms with Gasteiger partial charge in [-0.15, -0.1) is 0 Å². The minimum absolute atomic E-state index is 0.00181. The molecule has 0 aromatic carbocycles. The molecule has 1 aromatic heterocycles. The molecule has 1 aliphatic rings. The van der Waals surface area contributed by atoms with Crippen LogP contribution < -0.4 is 10.6 Å². The zero-order chi connectivity index (χ0) is 18.3. The van der Waals surface area contributed by atoms with E-state index in [2.05, 4.69) is 10.6 Å². The highest BCUT2D eigenvalue weighted by Crippen LogP contribution is 2.17. The van der Waals surface area contributed by atoms with Gasteiger partial charge < -0.3 is 20.0 Å². The minimum Gasteiger partial charge on any atom is -0.469 e. The molecule has 1 fully saturated rings. The molecule has 0 bridgehead atoms. The summed E-state index contributed by atoms with van der Waals surface area (Å²) in [4.78, 5) is 18.8. The summed E-state index contributed by atoms with van der Waals surface area (Å²) in [6.45, 7) is 6.88. The van der Waals surface area contributed by atoms with E-state index in [1.165, 1.54) is 25.7 Å². The summed E-state index contributed by atoms with van der Waals surface area (Å²) >= 11 is 0. The predicted octanol–water partition coefficient (Wildman–Crippen LogP) is 2.56. The second-order valence-electron chi connectivity index (χ2n) is 7.81. The fourth-order valence-corrected chi connectivity index (χ4v) is 3.00. The van der Waals surface area contributed by atoms with Crippen LogP contribution in [0.25, 0.3) is 0 Å². The molecule has 1 amide bonds. The molecule has 25 heavy (non-hydrogen) atoms. The highest BCUT2D eigenvalue weighted by molar-refractivity contribution is 5.86.